The van der Waals surface area contributed by atoms with Crippen LogP contribution in [0.1, 0.15) is 47.8 Å². The molecule has 0 spiro atoms. The van der Waals surface area contributed by atoms with Crippen LogP contribution in [0.2, 0.25) is 0 Å². The summed E-state index contributed by atoms with van der Waals surface area (Å²) >= 11 is 0. The summed E-state index contributed by atoms with van der Waals surface area (Å²) in [7, 11) is 0. The quantitative estimate of drug-likeness (QED) is 0.543. The molecule has 0 saturated heterocycles. The van der Waals surface area contributed by atoms with Gasteiger partial charge in [0.1, 0.15) is 0 Å². The summed E-state index contributed by atoms with van der Waals surface area (Å²) in [5.74, 6) is -1.30. The zero-order valence-electron chi connectivity index (χ0n) is 18.5. The second kappa shape index (κ2) is 12.6. The summed E-state index contributed by atoms with van der Waals surface area (Å²) in [6.45, 7) is 3.57. The highest BCUT2D eigenvalue weighted by molar-refractivity contribution is 5.94. The average molecular weight is 442 g/mol. The van der Waals surface area contributed by atoms with Crippen LogP contribution in [0.15, 0.2) is 48.7 Å². The van der Waals surface area contributed by atoms with Crippen LogP contribution in [0, 0.1) is 12.8 Å². The van der Waals surface area contributed by atoms with Gasteiger partial charge in [0, 0.05) is 43.3 Å². The van der Waals surface area contributed by atoms with E-state index in [0.717, 1.165) is 18.2 Å². The van der Waals surface area contributed by atoms with Crippen molar-refractivity contribution >= 4 is 17.8 Å². The number of carbonyl (C=O) groups excluding carboxylic acids is 2. The van der Waals surface area contributed by atoms with Crippen LogP contribution >= 0.6 is 0 Å². The Balaban J connectivity index is 0.000000837. The van der Waals surface area contributed by atoms with E-state index in [-0.39, 0.29) is 23.8 Å². The van der Waals surface area contributed by atoms with Crippen molar-refractivity contribution in [3.8, 4) is 0 Å². The highest BCUT2D eigenvalue weighted by Crippen LogP contribution is 2.25. The number of benzene rings is 1. The monoisotopic (exact) mass is 441 g/mol. The van der Waals surface area contributed by atoms with Crippen molar-refractivity contribution in [1.82, 2.24) is 15.6 Å². The molecule has 8 nitrogen and oxygen atoms in total. The number of aliphatic hydroxyl groups excluding tert-OH is 1. The van der Waals surface area contributed by atoms with E-state index in [0.29, 0.717) is 37.8 Å². The van der Waals surface area contributed by atoms with Crippen LogP contribution < -0.4 is 10.6 Å². The maximum absolute atomic E-state index is 12.4. The SMILES string of the molecule is CC(=O)O.Cc1ccc(C(=O)N[C@H]2CC[C@H](C(=O)NCCc3ccccn3)C[C@@H]2O)cc1. The first-order valence-electron chi connectivity index (χ1n) is 10.7. The number of pyridine rings is 1. The van der Waals surface area contributed by atoms with Gasteiger partial charge in [-0.25, -0.2) is 0 Å². The molecule has 0 aliphatic heterocycles. The zero-order valence-corrected chi connectivity index (χ0v) is 18.5. The molecule has 1 heterocycles. The van der Waals surface area contributed by atoms with Gasteiger partial charge in [0.05, 0.1) is 12.1 Å². The number of hydrogen-bond acceptors (Lipinski definition) is 5. The number of aryl methyl sites for hydroxylation is 1. The van der Waals surface area contributed by atoms with Gasteiger partial charge in [-0.1, -0.05) is 23.8 Å². The van der Waals surface area contributed by atoms with Gasteiger partial charge >= 0.3 is 0 Å². The number of nitrogens with zero attached hydrogens (tertiary/aromatic N) is 1. The van der Waals surface area contributed by atoms with Crippen LogP contribution in [0.3, 0.4) is 0 Å². The van der Waals surface area contributed by atoms with Gasteiger partial charge in [-0.15, -0.1) is 0 Å². The Hall–Kier alpha value is -3.26. The van der Waals surface area contributed by atoms with E-state index in [2.05, 4.69) is 15.6 Å². The molecule has 3 rings (SSSR count). The van der Waals surface area contributed by atoms with E-state index in [9.17, 15) is 14.7 Å². The molecule has 1 fully saturated rings. The first kappa shape index (κ1) is 25.0. The number of carboxylic acid groups (broad SMARTS) is 1. The van der Waals surface area contributed by atoms with Crippen molar-refractivity contribution < 1.29 is 24.6 Å². The van der Waals surface area contributed by atoms with E-state index in [4.69, 9.17) is 9.90 Å². The number of amides is 2. The van der Waals surface area contributed by atoms with Crippen LogP contribution in [-0.2, 0) is 16.0 Å². The molecule has 1 aliphatic rings. The number of nitrogens with one attached hydrogen (secondary N) is 2. The number of rotatable bonds is 6. The van der Waals surface area contributed by atoms with Crippen molar-refractivity contribution in [1.29, 1.82) is 0 Å². The predicted molar refractivity (Wildman–Crippen MR) is 120 cm³/mol. The van der Waals surface area contributed by atoms with E-state index >= 15 is 0 Å². The fraction of sp³-hybridized carbons (Fsp3) is 0.417. The number of aromatic nitrogens is 1. The van der Waals surface area contributed by atoms with E-state index in [1.54, 1.807) is 18.3 Å². The molecule has 4 N–H and O–H groups in total. The summed E-state index contributed by atoms with van der Waals surface area (Å²) in [6.07, 6.45) is 3.27. The molecule has 3 atom stereocenters. The van der Waals surface area contributed by atoms with Crippen molar-refractivity contribution in [3.63, 3.8) is 0 Å². The second-order valence-electron chi connectivity index (χ2n) is 7.90. The van der Waals surface area contributed by atoms with Crippen molar-refractivity contribution in [2.75, 3.05) is 6.54 Å². The molecule has 172 valence electrons. The normalized spacial score (nSPS) is 19.8. The van der Waals surface area contributed by atoms with Crippen LogP contribution in [0.5, 0.6) is 0 Å². The standard InChI is InChI=1S/C22H27N3O3.C2H4O2/c1-15-5-7-16(8-6-15)22(28)25-19-10-9-17(14-20(19)26)21(27)24-13-11-18-4-2-3-12-23-18;1-2(3)4/h2-8,12,17,19-20,26H,9-11,13-14H2,1H3,(H,24,27)(H,25,28);1H3,(H,3,4)/t17-,19-,20-;/m0./s1. The zero-order chi connectivity index (χ0) is 23.5. The molecule has 8 heteroatoms. The highest BCUT2D eigenvalue weighted by atomic mass is 16.4. The Bertz CT molecular complexity index is 882. The van der Waals surface area contributed by atoms with E-state index < -0.39 is 12.1 Å². The van der Waals surface area contributed by atoms with Gasteiger partial charge in [0.25, 0.3) is 11.9 Å². The molecule has 1 saturated carbocycles. The van der Waals surface area contributed by atoms with Gasteiger partial charge in [0.2, 0.25) is 5.91 Å². The third-order valence-electron chi connectivity index (χ3n) is 5.22. The lowest BCUT2D eigenvalue weighted by atomic mass is 9.83. The molecule has 0 bridgehead atoms. The minimum Gasteiger partial charge on any atom is -0.481 e. The Morgan fingerprint density at radius 1 is 1.09 bits per heavy atom. The Morgan fingerprint density at radius 2 is 1.78 bits per heavy atom. The van der Waals surface area contributed by atoms with Crippen LogP contribution in [0.25, 0.3) is 0 Å². The summed E-state index contributed by atoms with van der Waals surface area (Å²) in [6, 6.07) is 12.7. The lowest BCUT2D eigenvalue weighted by Crippen LogP contribution is -2.49. The lowest BCUT2D eigenvalue weighted by molar-refractivity contribution is -0.134. The molecule has 0 unspecified atom stereocenters. The molecule has 1 aromatic carbocycles. The first-order valence-corrected chi connectivity index (χ1v) is 10.7. The van der Waals surface area contributed by atoms with Crippen molar-refractivity contribution in [2.24, 2.45) is 5.92 Å². The Morgan fingerprint density at radius 3 is 2.38 bits per heavy atom. The predicted octanol–water partition coefficient (Wildman–Crippen LogP) is 2.10. The maximum atomic E-state index is 12.4. The molecule has 0 radical (unpaired) electrons. The Labute approximate surface area is 188 Å². The molecule has 2 amide bonds. The third kappa shape index (κ3) is 8.47. The smallest absolute Gasteiger partial charge is 0.300 e. The minimum absolute atomic E-state index is 0.0432. The summed E-state index contributed by atoms with van der Waals surface area (Å²) in [5, 5.41) is 23.7. The van der Waals surface area contributed by atoms with Crippen molar-refractivity contribution in [3.05, 3.63) is 65.5 Å². The number of aliphatic hydroxyl groups is 1. The number of carboxylic acids is 1. The molecule has 1 aromatic heterocycles. The first-order chi connectivity index (χ1) is 15.3. The largest absolute Gasteiger partial charge is 0.481 e. The summed E-state index contributed by atoms with van der Waals surface area (Å²) in [5.41, 5.74) is 2.60. The molecule has 1 aliphatic carbocycles. The average Bonchev–Trinajstić information content (AvgIpc) is 2.76. The number of carbonyl (C=O) groups is 3. The molecule has 32 heavy (non-hydrogen) atoms. The summed E-state index contributed by atoms with van der Waals surface area (Å²) in [4.78, 5) is 38.0. The third-order valence-corrected chi connectivity index (χ3v) is 5.22. The van der Waals surface area contributed by atoms with Crippen LogP contribution in [-0.4, -0.2) is 51.7 Å². The highest BCUT2D eigenvalue weighted by Gasteiger charge is 2.33. The van der Waals surface area contributed by atoms with Gasteiger partial charge in [-0.05, 0) is 50.5 Å². The second-order valence-corrected chi connectivity index (χ2v) is 7.90. The maximum Gasteiger partial charge on any atom is 0.300 e. The Kier molecular flexibility index (Phi) is 9.81. The van der Waals surface area contributed by atoms with Gasteiger partial charge in [-0.2, -0.15) is 0 Å². The van der Waals surface area contributed by atoms with E-state index in [1.165, 1.54) is 0 Å². The molecule has 2 aromatic rings. The van der Waals surface area contributed by atoms with Gasteiger partial charge < -0.3 is 20.8 Å². The molecular formula is C24H31N3O5. The minimum atomic E-state index is -0.833. The topological polar surface area (TPSA) is 129 Å². The number of aliphatic carboxylic acids is 1. The fourth-order valence-corrected chi connectivity index (χ4v) is 3.51. The fourth-order valence-electron chi connectivity index (χ4n) is 3.51. The number of hydrogen-bond donors (Lipinski definition) is 4. The lowest BCUT2D eigenvalue weighted by Gasteiger charge is -2.33. The van der Waals surface area contributed by atoms with Gasteiger partial charge in [-0.3, -0.25) is 19.4 Å². The summed E-state index contributed by atoms with van der Waals surface area (Å²) < 4.78 is 0. The van der Waals surface area contributed by atoms with Gasteiger partial charge in [0.15, 0.2) is 0 Å². The van der Waals surface area contributed by atoms with Crippen LogP contribution in [0.4, 0.5) is 0 Å². The van der Waals surface area contributed by atoms with Crippen molar-refractivity contribution in [2.45, 2.75) is 51.7 Å². The molecular weight excluding hydrogens is 410 g/mol. The van der Waals surface area contributed by atoms with E-state index in [1.807, 2.05) is 37.3 Å².